The summed E-state index contributed by atoms with van der Waals surface area (Å²) >= 11 is 0. The number of carboxylic acids is 1. The minimum absolute atomic E-state index is 0.0329. The van der Waals surface area contributed by atoms with Crippen LogP contribution in [0.1, 0.15) is 181 Å². The van der Waals surface area contributed by atoms with Gasteiger partial charge in [0, 0.05) is 19.3 Å². The summed E-state index contributed by atoms with van der Waals surface area (Å²) in [4.78, 5) is 36.9. The fourth-order valence-corrected chi connectivity index (χ4v) is 6.25. The molecule has 1 N–H and O–H groups in total. The first-order valence-corrected chi connectivity index (χ1v) is 22.2. The molecule has 0 saturated heterocycles. The molecule has 2 atom stereocenters. The molecular formula is C47H84NO7+. The van der Waals surface area contributed by atoms with E-state index in [-0.39, 0.29) is 42.7 Å². The van der Waals surface area contributed by atoms with E-state index in [1.165, 1.54) is 89.9 Å². The molecule has 0 amide bonds. The average Bonchev–Trinajstić information content (AvgIpc) is 3.14. The van der Waals surface area contributed by atoms with Crippen molar-refractivity contribution in [3.63, 3.8) is 0 Å². The quantitative estimate of drug-likeness (QED) is 0.0218. The molecule has 318 valence electrons. The van der Waals surface area contributed by atoms with Gasteiger partial charge in [-0.3, -0.25) is 9.59 Å². The first-order chi connectivity index (χ1) is 26.6. The summed E-state index contributed by atoms with van der Waals surface area (Å²) in [5.41, 5.74) is 0. The summed E-state index contributed by atoms with van der Waals surface area (Å²) in [7, 11) is 5.50. The number of aliphatic carboxylic acids is 1. The number of likely N-dealkylation sites (N-methyl/N-ethyl adjacent to an activating group) is 1. The van der Waals surface area contributed by atoms with E-state index in [0.29, 0.717) is 19.3 Å². The number of ether oxygens (including phenoxy) is 3. The van der Waals surface area contributed by atoms with Crippen LogP contribution in [0.25, 0.3) is 0 Å². The van der Waals surface area contributed by atoms with Crippen LogP contribution in [-0.4, -0.2) is 80.6 Å². The fraction of sp³-hybridized carbons (Fsp3) is 0.766. The number of rotatable bonds is 39. The Balaban J connectivity index is 4.42. The van der Waals surface area contributed by atoms with E-state index in [1.807, 2.05) is 27.2 Å². The maximum Gasteiger partial charge on any atom is 0.362 e. The molecule has 0 aliphatic rings. The van der Waals surface area contributed by atoms with E-state index in [0.717, 1.165) is 51.4 Å². The van der Waals surface area contributed by atoms with E-state index in [1.54, 1.807) is 0 Å². The highest BCUT2D eigenvalue weighted by Gasteiger charge is 2.31. The Morgan fingerprint density at radius 1 is 0.564 bits per heavy atom. The van der Waals surface area contributed by atoms with Gasteiger partial charge in [0.05, 0.1) is 34.4 Å². The first kappa shape index (κ1) is 52.3. The van der Waals surface area contributed by atoms with Gasteiger partial charge in [-0.1, -0.05) is 152 Å². The van der Waals surface area contributed by atoms with Gasteiger partial charge in [-0.05, 0) is 57.8 Å². The molecule has 0 saturated carbocycles. The van der Waals surface area contributed by atoms with Crippen molar-refractivity contribution < 1.29 is 38.2 Å². The molecule has 8 heteroatoms. The highest BCUT2D eigenvalue weighted by atomic mass is 16.6. The van der Waals surface area contributed by atoms with Crippen LogP contribution in [0, 0.1) is 0 Å². The van der Waals surface area contributed by atoms with Crippen molar-refractivity contribution in [2.45, 2.75) is 193 Å². The molecule has 2 unspecified atom stereocenters. The lowest BCUT2D eigenvalue weighted by Crippen LogP contribution is -2.50. The maximum absolute atomic E-state index is 12.7. The van der Waals surface area contributed by atoms with Crippen LogP contribution in [-0.2, 0) is 28.6 Å². The topological polar surface area (TPSA) is 99.1 Å². The molecule has 0 fully saturated rings. The molecular weight excluding hydrogens is 691 g/mol. The monoisotopic (exact) mass is 775 g/mol. The highest BCUT2D eigenvalue weighted by molar-refractivity contribution is 5.72. The molecule has 0 aliphatic carbocycles. The lowest BCUT2D eigenvalue weighted by molar-refractivity contribution is -0.887. The third-order valence-corrected chi connectivity index (χ3v) is 9.74. The zero-order chi connectivity index (χ0) is 40.7. The Morgan fingerprint density at radius 3 is 1.58 bits per heavy atom. The van der Waals surface area contributed by atoms with E-state index < -0.39 is 18.1 Å². The average molecular weight is 775 g/mol. The summed E-state index contributed by atoms with van der Waals surface area (Å²) in [6.45, 7) is 4.64. The van der Waals surface area contributed by atoms with Gasteiger partial charge in [-0.25, -0.2) is 4.79 Å². The SMILES string of the molecule is CCCCCCCC/C=C/C/C=C/CCC(=O)OC(COCCC(C(=O)O)[N+](C)(C)C)COC(=O)CCCCCCC/C=C/C=C/CCCCCCCCC. The molecule has 0 rings (SSSR count). The summed E-state index contributed by atoms with van der Waals surface area (Å²) in [5.74, 6) is -1.57. The third-order valence-electron chi connectivity index (χ3n) is 9.74. The molecule has 8 nitrogen and oxygen atoms in total. The Labute approximate surface area is 337 Å². The van der Waals surface area contributed by atoms with Crippen molar-refractivity contribution in [2.24, 2.45) is 0 Å². The van der Waals surface area contributed by atoms with Crippen LogP contribution >= 0.6 is 0 Å². The van der Waals surface area contributed by atoms with E-state index >= 15 is 0 Å². The number of esters is 2. The Morgan fingerprint density at radius 2 is 1.05 bits per heavy atom. The molecule has 0 aromatic carbocycles. The van der Waals surface area contributed by atoms with E-state index in [2.05, 4.69) is 56.4 Å². The van der Waals surface area contributed by atoms with Gasteiger partial charge in [0.25, 0.3) is 0 Å². The standard InChI is InChI=1S/C47H83NO7/c1-6-8-10-12-14-16-18-20-21-22-23-24-26-27-29-31-33-35-37-45(49)54-42-43(41-53-40-39-44(47(51)52)48(3,4)5)55-46(50)38-36-34-32-30-28-25-19-17-15-13-11-9-7-2/h21-25,28,32,34,43-44H,6-20,26-27,29-31,33,35-42H2,1-5H3/p+1/b22-21+,24-23+,28-25+,34-32+. The van der Waals surface area contributed by atoms with E-state index in [9.17, 15) is 19.5 Å². The van der Waals surface area contributed by atoms with Crippen molar-refractivity contribution in [1.82, 2.24) is 0 Å². The molecule has 0 radical (unpaired) electrons. The molecule has 0 bridgehead atoms. The number of allylic oxidation sites excluding steroid dienone is 8. The number of hydrogen-bond acceptors (Lipinski definition) is 6. The normalized spacial score (nSPS) is 13.4. The Kier molecular flexibility index (Phi) is 36.3. The minimum Gasteiger partial charge on any atom is -0.477 e. The van der Waals surface area contributed by atoms with E-state index in [4.69, 9.17) is 14.2 Å². The van der Waals surface area contributed by atoms with Crippen molar-refractivity contribution in [1.29, 1.82) is 0 Å². The Hall–Kier alpha value is -2.71. The van der Waals surface area contributed by atoms with Gasteiger partial charge >= 0.3 is 17.9 Å². The second-order valence-corrected chi connectivity index (χ2v) is 16.0. The third kappa shape index (κ3) is 36.7. The molecule has 0 heterocycles. The van der Waals surface area contributed by atoms with Crippen LogP contribution in [0.4, 0.5) is 0 Å². The number of carbonyl (C=O) groups excluding carboxylic acids is 2. The van der Waals surface area contributed by atoms with Crippen molar-refractivity contribution >= 4 is 17.9 Å². The van der Waals surface area contributed by atoms with Crippen LogP contribution in [0.15, 0.2) is 48.6 Å². The summed E-state index contributed by atoms with van der Waals surface area (Å²) < 4.78 is 17.2. The maximum atomic E-state index is 12.7. The Bertz CT molecular complexity index is 1040. The van der Waals surface area contributed by atoms with Crippen LogP contribution in [0.3, 0.4) is 0 Å². The largest absolute Gasteiger partial charge is 0.477 e. The number of hydrogen-bond donors (Lipinski definition) is 1. The zero-order valence-corrected chi connectivity index (χ0v) is 36.1. The van der Waals surface area contributed by atoms with Gasteiger partial charge < -0.3 is 23.8 Å². The second-order valence-electron chi connectivity index (χ2n) is 16.0. The molecule has 0 aromatic heterocycles. The van der Waals surface area contributed by atoms with Crippen molar-refractivity contribution in [3.05, 3.63) is 48.6 Å². The number of nitrogens with zero attached hydrogens (tertiary/aromatic N) is 1. The molecule has 0 aliphatic heterocycles. The highest BCUT2D eigenvalue weighted by Crippen LogP contribution is 2.13. The van der Waals surface area contributed by atoms with Crippen molar-refractivity contribution in [2.75, 3.05) is 41.0 Å². The smallest absolute Gasteiger partial charge is 0.362 e. The zero-order valence-electron chi connectivity index (χ0n) is 36.1. The number of quaternary nitrogens is 1. The van der Waals surface area contributed by atoms with Gasteiger partial charge in [0.15, 0.2) is 12.1 Å². The fourth-order valence-electron chi connectivity index (χ4n) is 6.25. The number of carboxylic acid groups (broad SMARTS) is 1. The predicted molar refractivity (Wildman–Crippen MR) is 229 cm³/mol. The van der Waals surface area contributed by atoms with Crippen LogP contribution in [0.5, 0.6) is 0 Å². The number of unbranched alkanes of at least 4 members (excludes halogenated alkanes) is 18. The summed E-state index contributed by atoms with van der Waals surface area (Å²) in [5, 5.41) is 9.61. The second kappa shape index (κ2) is 38.2. The number of carbonyl (C=O) groups is 3. The van der Waals surface area contributed by atoms with Crippen molar-refractivity contribution in [3.8, 4) is 0 Å². The lowest BCUT2D eigenvalue weighted by atomic mass is 10.1. The van der Waals surface area contributed by atoms with Crippen LogP contribution < -0.4 is 0 Å². The van der Waals surface area contributed by atoms with Crippen LogP contribution in [0.2, 0.25) is 0 Å². The summed E-state index contributed by atoms with van der Waals surface area (Å²) in [6, 6.07) is -0.626. The predicted octanol–water partition coefficient (Wildman–Crippen LogP) is 12.0. The molecule has 0 spiro atoms. The first-order valence-electron chi connectivity index (χ1n) is 22.2. The lowest BCUT2D eigenvalue weighted by Gasteiger charge is -2.31. The molecule has 55 heavy (non-hydrogen) atoms. The minimum atomic E-state index is -0.886. The van der Waals surface area contributed by atoms with Gasteiger partial charge in [0.1, 0.15) is 6.61 Å². The molecule has 0 aromatic rings. The van der Waals surface area contributed by atoms with Gasteiger partial charge in [-0.15, -0.1) is 0 Å². The van der Waals surface area contributed by atoms with Gasteiger partial charge in [-0.2, -0.15) is 0 Å². The summed E-state index contributed by atoms with van der Waals surface area (Å²) in [6.07, 6.45) is 44.5. The van der Waals surface area contributed by atoms with Gasteiger partial charge in [0.2, 0.25) is 0 Å².